The highest BCUT2D eigenvalue weighted by Crippen LogP contribution is 2.39. The molecule has 1 N–H and O–H groups in total. The number of para-hydroxylation sites is 2. The van der Waals surface area contributed by atoms with Crippen LogP contribution in [0, 0.1) is 5.82 Å². The number of piperidine rings is 1. The number of benzene rings is 2. The molecule has 0 saturated carbocycles. The highest BCUT2D eigenvalue weighted by atomic mass is 19.1. The lowest BCUT2D eigenvalue weighted by atomic mass is 9.88. The summed E-state index contributed by atoms with van der Waals surface area (Å²) < 4.78 is 31.1. The Hall–Kier alpha value is -2.64. The SMILES string of the molecule is COc1ccccc1OCC(=O)NCC1CCC2(CCN(Cc3ccccc3F)CC2)O1. The predicted molar refractivity (Wildman–Crippen MR) is 119 cm³/mol. The Balaban J connectivity index is 1.18. The van der Waals surface area contributed by atoms with Gasteiger partial charge in [-0.05, 0) is 43.9 Å². The number of hydrogen-bond acceptors (Lipinski definition) is 5. The van der Waals surface area contributed by atoms with Crippen LogP contribution in [0.5, 0.6) is 11.5 Å². The molecule has 2 aromatic rings. The van der Waals surface area contributed by atoms with Crippen LogP contribution in [0.3, 0.4) is 0 Å². The Kier molecular flexibility index (Phi) is 7.27. The van der Waals surface area contributed by atoms with Crippen molar-refractivity contribution in [2.75, 3.05) is 33.4 Å². The number of ether oxygens (including phenoxy) is 3. The van der Waals surface area contributed by atoms with Gasteiger partial charge in [-0.15, -0.1) is 0 Å². The van der Waals surface area contributed by atoms with E-state index in [-0.39, 0.29) is 30.0 Å². The van der Waals surface area contributed by atoms with Gasteiger partial charge < -0.3 is 19.5 Å². The zero-order chi connectivity index (χ0) is 22.4. The molecule has 2 fully saturated rings. The van der Waals surface area contributed by atoms with Crippen LogP contribution in [-0.2, 0) is 16.1 Å². The van der Waals surface area contributed by atoms with Crippen LogP contribution >= 0.6 is 0 Å². The molecule has 2 aliphatic heterocycles. The highest BCUT2D eigenvalue weighted by Gasteiger charge is 2.42. The fourth-order valence-corrected chi connectivity index (χ4v) is 4.55. The third kappa shape index (κ3) is 5.58. The predicted octanol–water partition coefficient (Wildman–Crippen LogP) is 3.54. The molecule has 0 aliphatic carbocycles. The van der Waals surface area contributed by atoms with Gasteiger partial charge in [-0.25, -0.2) is 4.39 Å². The molecule has 172 valence electrons. The second kappa shape index (κ2) is 10.3. The van der Waals surface area contributed by atoms with Gasteiger partial charge in [0.2, 0.25) is 0 Å². The minimum absolute atomic E-state index is 0.0170. The van der Waals surface area contributed by atoms with Crippen molar-refractivity contribution in [3.05, 3.63) is 59.9 Å². The van der Waals surface area contributed by atoms with Crippen LogP contribution in [-0.4, -0.2) is 55.9 Å². The number of hydrogen-bond donors (Lipinski definition) is 1. The van der Waals surface area contributed by atoms with E-state index in [1.54, 1.807) is 25.3 Å². The minimum Gasteiger partial charge on any atom is -0.493 e. The Morgan fingerprint density at radius 1 is 1.12 bits per heavy atom. The minimum atomic E-state index is -0.180. The molecule has 6 nitrogen and oxygen atoms in total. The Labute approximate surface area is 188 Å². The normalized spacial score (nSPS) is 20.2. The number of carbonyl (C=O) groups excluding carboxylic acids is 1. The van der Waals surface area contributed by atoms with Crippen LogP contribution < -0.4 is 14.8 Å². The molecular weight excluding hydrogens is 411 g/mol. The monoisotopic (exact) mass is 442 g/mol. The van der Waals surface area contributed by atoms with E-state index in [0.29, 0.717) is 24.6 Å². The number of likely N-dealkylation sites (tertiary alicyclic amines) is 1. The number of rotatable bonds is 8. The van der Waals surface area contributed by atoms with Crippen LogP contribution in [0.1, 0.15) is 31.2 Å². The quantitative estimate of drug-likeness (QED) is 0.678. The van der Waals surface area contributed by atoms with E-state index >= 15 is 0 Å². The summed E-state index contributed by atoms with van der Waals surface area (Å²) in [5.41, 5.74) is 0.626. The van der Waals surface area contributed by atoms with Gasteiger partial charge in [0.15, 0.2) is 18.1 Å². The van der Waals surface area contributed by atoms with E-state index in [9.17, 15) is 9.18 Å². The zero-order valence-corrected chi connectivity index (χ0v) is 18.5. The number of nitrogens with one attached hydrogen (secondary N) is 1. The number of halogens is 1. The van der Waals surface area contributed by atoms with Crippen LogP contribution in [0.4, 0.5) is 4.39 Å². The molecule has 1 spiro atoms. The summed E-state index contributed by atoms with van der Waals surface area (Å²) in [5, 5.41) is 2.92. The van der Waals surface area contributed by atoms with Gasteiger partial charge in [0.05, 0.1) is 18.8 Å². The van der Waals surface area contributed by atoms with E-state index in [0.717, 1.165) is 44.3 Å². The van der Waals surface area contributed by atoms with Gasteiger partial charge in [0.25, 0.3) is 5.91 Å². The van der Waals surface area contributed by atoms with Crippen LogP contribution in [0.15, 0.2) is 48.5 Å². The molecule has 0 aromatic heterocycles. The molecule has 1 amide bonds. The largest absolute Gasteiger partial charge is 0.493 e. The van der Waals surface area contributed by atoms with Crippen LogP contribution in [0.2, 0.25) is 0 Å². The molecule has 0 bridgehead atoms. The van der Waals surface area contributed by atoms with Gasteiger partial charge in [-0.3, -0.25) is 9.69 Å². The maximum Gasteiger partial charge on any atom is 0.258 e. The summed E-state index contributed by atoms with van der Waals surface area (Å²) in [6, 6.07) is 14.2. The Morgan fingerprint density at radius 3 is 2.59 bits per heavy atom. The Morgan fingerprint density at radius 2 is 1.84 bits per heavy atom. The maximum atomic E-state index is 13.9. The molecule has 7 heteroatoms. The average Bonchev–Trinajstić information content (AvgIpc) is 3.22. The third-order valence-electron chi connectivity index (χ3n) is 6.41. The van der Waals surface area contributed by atoms with Crippen LogP contribution in [0.25, 0.3) is 0 Å². The van der Waals surface area contributed by atoms with Crippen molar-refractivity contribution in [2.24, 2.45) is 0 Å². The average molecular weight is 443 g/mol. The molecule has 4 rings (SSSR count). The van der Waals surface area contributed by atoms with Crippen molar-refractivity contribution in [2.45, 2.75) is 43.9 Å². The lowest BCUT2D eigenvalue weighted by molar-refractivity contribution is -0.124. The fourth-order valence-electron chi connectivity index (χ4n) is 4.55. The standard InChI is InChI=1S/C25H31FN2O4/c1-30-22-8-4-5-9-23(22)31-18-24(29)27-16-20-10-11-25(32-20)12-14-28(15-13-25)17-19-6-2-3-7-21(19)26/h2-9,20H,10-18H2,1H3,(H,27,29). The number of nitrogens with zero attached hydrogens (tertiary/aromatic N) is 1. The molecule has 2 aromatic carbocycles. The number of amides is 1. The van der Waals surface area contributed by atoms with E-state index in [1.165, 1.54) is 6.07 Å². The van der Waals surface area contributed by atoms with E-state index < -0.39 is 0 Å². The van der Waals surface area contributed by atoms with Gasteiger partial charge in [-0.2, -0.15) is 0 Å². The van der Waals surface area contributed by atoms with Gasteiger partial charge >= 0.3 is 0 Å². The third-order valence-corrected chi connectivity index (χ3v) is 6.41. The molecule has 1 unspecified atom stereocenters. The van der Waals surface area contributed by atoms with Gasteiger partial charge in [0, 0.05) is 31.7 Å². The molecule has 1 atom stereocenters. The van der Waals surface area contributed by atoms with Crippen molar-refractivity contribution in [3.8, 4) is 11.5 Å². The summed E-state index contributed by atoms with van der Waals surface area (Å²) in [6.07, 6.45) is 3.81. The van der Waals surface area contributed by atoms with E-state index in [2.05, 4.69) is 10.2 Å². The summed E-state index contributed by atoms with van der Waals surface area (Å²) >= 11 is 0. The molecule has 0 radical (unpaired) electrons. The fraction of sp³-hybridized carbons (Fsp3) is 0.480. The van der Waals surface area contributed by atoms with E-state index in [1.807, 2.05) is 24.3 Å². The second-order valence-electron chi connectivity index (χ2n) is 8.57. The summed E-state index contributed by atoms with van der Waals surface area (Å²) in [6.45, 7) is 2.83. The number of carbonyl (C=O) groups is 1. The van der Waals surface area contributed by atoms with Crippen molar-refractivity contribution in [3.63, 3.8) is 0 Å². The lowest BCUT2D eigenvalue weighted by Gasteiger charge is -2.39. The first-order valence-electron chi connectivity index (χ1n) is 11.2. The van der Waals surface area contributed by atoms with Gasteiger partial charge in [-0.1, -0.05) is 30.3 Å². The maximum absolute atomic E-state index is 13.9. The van der Waals surface area contributed by atoms with Crippen molar-refractivity contribution >= 4 is 5.91 Å². The zero-order valence-electron chi connectivity index (χ0n) is 18.5. The summed E-state index contributed by atoms with van der Waals surface area (Å²) in [4.78, 5) is 14.5. The Bertz CT molecular complexity index is 914. The van der Waals surface area contributed by atoms with E-state index in [4.69, 9.17) is 14.2 Å². The lowest BCUT2D eigenvalue weighted by Crippen LogP contribution is -2.45. The first-order chi connectivity index (χ1) is 15.6. The first kappa shape index (κ1) is 22.6. The van der Waals surface area contributed by atoms with Crippen molar-refractivity contribution < 1.29 is 23.4 Å². The smallest absolute Gasteiger partial charge is 0.258 e. The first-order valence-corrected chi connectivity index (χ1v) is 11.2. The molecule has 32 heavy (non-hydrogen) atoms. The van der Waals surface area contributed by atoms with Gasteiger partial charge in [0.1, 0.15) is 5.82 Å². The second-order valence-corrected chi connectivity index (χ2v) is 8.57. The highest BCUT2D eigenvalue weighted by molar-refractivity contribution is 5.77. The summed E-state index contributed by atoms with van der Waals surface area (Å²) in [7, 11) is 1.57. The molecule has 2 heterocycles. The molecular formula is C25H31FN2O4. The topological polar surface area (TPSA) is 60.0 Å². The molecule has 2 aliphatic rings. The van der Waals surface area contributed by atoms with Crippen molar-refractivity contribution in [1.29, 1.82) is 0 Å². The number of methoxy groups -OCH3 is 1. The van der Waals surface area contributed by atoms with Crippen molar-refractivity contribution in [1.82, 2.24) is 10.2 Å². The summed E-state index contributed by atoms with van der Waals surface area (Å²) in [5.74, 6) is 0.821. The molecule has 2 saturated heterocycles.